The third-order valence-electron chi connectivity index (χ3n) is 6.81. The van der Waals surface area contributed by atoms with Crippen LogP contribution in [0.5, 0.6) is 0 Å². The van der Waals surface area contributed by atoms with Crippen LogP contribution < -0.4 is 0 Å². The molecule has 0 bridgehead atoms. The molecule has 4 aliphatic heterocycles. The van der Waals surface area contributed by atoms with Crippen LogP contribution in [0, 0.1) is 0 Å². The van der Waals surface area contributed by atoms with Crippen LogP contribution in [0.1, 0.15) is 11.1 Å². The van der Waals surface area contributed by atoms with E-state index in [4.69, 9.17) is 0 Å². The molecule has 8 heteroatoms. The van der Waals surface area contributed by atoms with Crippen LogP contribution >= 0.6 is 0 Å². The zero-order valence-corrected chi connectivity index (χ0v) is 29.3. The maximum absolute atomic E-state index is 4.44. The van der Waals surface area contributed by atoms with Gasteiger partial charge in [-0.25, -0.2) is 0 Å². The van der Waals surface area contributed by atoms with E-state index >= 15 is 0 Å². The van der Waals surface area contributed by atoms with Gasteiger partial charge < -0.3 is 21.3 Å². The molecule has 0 fully saturated rings. The summed E-state index contributed by atoms with van der Waals surface area (Å²) < 4.78 is 0. The monoisotopic (exact) mass is 632 g/mol. The Morgan fingerprint density at radius 2 is 0.700 bits per heavy atom. The quantitative estimate of drug-likeness (QED) is 0.243. The van der Waals surface area contributed by atoms with E-state index in [2.05, 4.69) is 79.6 Å². The molecule has 0 unspecified atom stereocenters. The topological polar surface area (TPSA) is 62.9 Å². The normalized spacial score (nSPS) is 17.2. The number of hydrogen-bond donors (Lipinski definition) is 0. The predicted molar refractivity (Wildman–Crippen MR) is 159 cm³/mol. The molecule has 0 saturated carbocycles. The summed E-state index contributed by atoms with van der Waals surface area (Å²) in [4.78, 5) is 5.00. The molecule has 0 aromatic heterocycles. The Kier molecular flexibility index (Phi) is 13.9. The second-order valence-corrected chi connectivity index (χ2v) is 10.1. The Hall–Kier alpha value is -2.49. The summed E-state index contributed by atoms with van der Waals surface area (Å²) in [5, 5.41) is 17.7. The van der Waals surface area contributed by atoms with Gasteiger partial charge in [-0.15, -0.1) is 26.2 Å². The van der Waals surface area contributed by atoms with Crippen molar-refractivity contribution in [3.63, 3.8) is 0 Å². The third-order valence-corrected chi connectivity index (χ3v) is 6.81. The summed E-state index contributed by atoms with van der Waals surface area (Å²) in [7, 11) is 0. The summed E-state index contributed by atoms with van der Waals surface area (Å²) in [6.07, 6.45) is 24.5. The van der Waals surface area contributed by atoms with Gasteiger partial charge in [-0.3, -0.25) is 9.80 Å². The van der Waals surface area contributed by atoms with Crippen molar-refractivity contribution in [3.05, 3.63) is 152 Å². The molecular weight excluding hydrogens is 599 g/mol. The van der Waals surface area contributed by atoms with Crippen LogP contribution in [-0.4, -0.2) is 62.2 Å². The van der Waals surface area contributed by atoms with E-state index in [0.717, 1.165) is 65.4 Å². The van der Waals surface area contributed by atoms with Crippen LogP contribution in [0.25, 0.3) is 21.3 Å². The maximum atomic E-state index is 4.44. The number of nitrogens with zero attached hydrogens (tertiary/aromatic N) is 6. The number of benzene rings is 1. The molecule has 0 saturated heterocycles. The Morgan fingerprint density at radius 1 is 0.425 bits per heavy atom. The van der Waals surface area contributed by atoms with Crippen molar-refractivity contribution < 1.29 is 39.0 Å². The fourth-order valence-corrected chi connectivity index (χ4v) is 5.01. The zero-order valence-electron chi connectivity index (χ0n) is 23.4. The van der Waals surface area contributed by atoms with Crippen LogP contribution in [0.15, 0.2) is 120 Å². The first-order chi connectivity index (χ1) is 18.8. The average molecular weight is 635 g/mol. The van der Waals surface area contributed by atoms with Gasteiger partial charge in [-0.1, -0.05) is 95.2 Å². The van der Waals surface area contributed by atoms with Crippen molar-refractivity contribution in [3.8, 4) is 0 Å². The van der Waals surface area contributed by atoms with Gasteiger partial charge in [-0.05, 0) is 11.1 Å². The Balaban J connectivity index is 0.00000220. The molecule has 6 nitrogen and oxygen atoms in total. The van der Waals surface area contributed by atoms with E-state index in [9.17, 15) is 0 Å². The molecule has 1 aromatic carbocycles. The van der Waals surface area contributed by atoms with E-state index in [0.29, 0.717) is 0 Å². The first kappa shape index (κ1) is 32.0. The molecule has 4 heterocycles. The molecule has 40 heavy (non-hydrogen) atoms. The summed E-state index contributed by atoms with van der Waals surface area (Å²) in [5.41, 5.74) is 8.04. The Bertz CT molecular complexity index is 1030. The van der Waals surface area contributed by atoms with Gasteiger partial charge in [0.2, 0.25) is 0 Å². The van der Waals surface area contributed by atoms with Crippen molar-refractivity contribution in [2.45, 2.75) is 13.1 Å². The predicted octanol–water partition coefficient (Wildman–Crippen LogP) is 6.60. The van der Waals surface area contributed by atoms with Crippen LogP contribution in [0.2, 0.25) is 0 Å². The smallest absolute Gasteiger partial charge is 0.687 e. The molecule has 0 radical (unpaired) electrons. The first-order valence-corrected chi connectivity index (χ1v) is 13.4. The Labute approximate surface area is 265 Å². The molecule has 1 aromatic rings. The van der Waals surface area contributed by atoms with Crippen molar-refractivity contribution in [2.75, 3.05) is 52.4 Å². The zero-order chi connectivity index (χ0) is 25.8. The molecule has 0 N–H and O–H groups in total. The molecular formula is C32H36N6Zn2. The number of allylic oxidation sites excluding steroid dienone is 8. The summed E-state index contributed by atoms with van der Waals surface area (Å²) in [6.45, 7) is 8.56. The maximum Gasteiger partial charge on any atom is 2.00 e. The largest absolute Gasteiger partial charge is 2.00 e. The van der Waals surface area contributed by atoms with Gasteiger partial charge >= 0.3 is 39.0 Å². The van der Waals surface area contributed by atoms with E-state index in [1.54, 1.807) is 0 Å². The van der Waals surface area contributed by atoms with Crippen molar-refractivity contribution in [1.29, 1.82) is 0 Å². The van der Waals surface area contributed by atoms with E-state index in [-0.39, 0.29) is 39.0 Å². The molecule has 0 atom stereocenters. The fourth-order valence-electron chi connectivity index (χ4n) is 5.01. The average Bonchev–Trinajstić information content (AvgIpc) is 2.96. The SMILES string of the molecule is C1=C[N-]CC(CN(CC2=CC=C[N-]C2)Cc2ccc(CN(CC3=CC=C[N-]C3)CC3=CC=C[N-]C3)cc2)=C1.[Zn+2].[Zn+2]. The van der Waals surface area contributed by atoms with Crippen molar-refractivity contribution in [2.24, 2.45) is 0 Å². The van der Waals surface area contributed by atoms with Gasteiger partial charge in [0.25, 0.3) is 0 Å². The fraction of sp³-hybridized carbons (Fsp3) is 0.312. The van der Waals surface area contributed by atoms with Crippen LogP contribution in [0.3, 0.4) is 0 Å². The minimum atomic E-state index is 0. The van der Waals surface area contributed by atoms with Crippen molar-refractivity contribution >= 4 is 0 Å². The van der Waals surface area contributed by atoms with E-state index in [1.165, 1.54) is 33.4 Å². The molecule has 0 spiro atoms. The molecule has 4 aliphatic rings. The van der Waals surface area contributed by atoms with E-state index < -0.39 is 0 Å². The summed E-state index contributed by atoms with van der Waals surface area (Å²) in [5.74, 6) is 0. The minimum absolute atomic E-state index is 0. The van der Waals surface area contributed by atoms with E-state index in [1.807, 2.05) is 49.1 Å². The molecule has 0 aliphatic carbocycles. The standard InChI is InChI=1S/C32H36N6.2Zn/c1-5-29(17-33-13-1)23-37(24-30-6-2-14-34-18-30)21-27-9-11-28(12-10-27)22-38(25-31-7-3-15-35-19-31)26-32-8-4-16-36-20-32;;/h1-16H,17-26H2;;/q-4;2*+2. The molecule has 5 rings (SSSR count). The van der Waals surface area contributed by atoms with Gasteiger partial charge in [0, 0.05) is 39.3 Å². The van der Waals surface area contributed by atoms with Crippen LogP contribution in [0.4, 0.5) is 0 Å². The third kappa shape index (κ3) is 10.5. The van der Waals surface area contributed by atoms with Gasteiger partial charge in [0.05, 0.1) is 0 Å². The molecule has 0 amide bonds. The second-order valence-electron chi connectivity index (χ2n) is 10.1. The van der Waals surface area contributed by atoms with Gasteiger partial charge in [0.15, 0.2) is 0 Å². The van der Waals surface area contributed by atoms with Crippen molar-refractivity contribution in [1.82, 2.24) is 9.80 Å². The first-order valence-electron chi connectivity index (χ1n) is 13.4. The van der Waals surface area contributed by atoms with Gasteiger partial charge in [0.1, 0.15) is 0 Å². The summed E-state index contributed by atoms with van der Waals surface area (Å²) in [6, 6.07) is 9.15. The number of rotatable bonds is 12. The molecule has 198 valence electrons. The second kappa shape index (κ2) is 17.3. The van der Waals surface area contributed by atoms with Crippen LogP contribution in [-0.2, 0) is 52.0 Å². The van der Waals surface area contributed by atoms with Gasteiger partial charge in [-0.2, -0.15) is 24.8 Å². The Morgan fingerprint density at radius 3 is 0.925 bits per heavy atom. The number of hydrogen-bond acceptors (Lipinski definition) is 2. The minimum Gasteiger partial charge on any atom is -0.687 e. The summed E-state index contributed by atoms with van der Waals surface area (Å²) >= 11 is 0.